The van der Waals surface area contributed by atoms with E-state index in [4.69, 9.17) is 11.6 Å². The van der Waals surface area contributed by atoms with Crippen molar-refractivity contribution < 1.29 is 18.0 Å². The number of aryl methyl sites for hydroxylation is 1. The largest absolute Gasteiger partial charge is 0.434 e. The minimum atomic E-state index is -4.81. The molecule has 1 aliphatic rings. The summed E-state index contributed by atoms with van der Waals surface area (Å²) in [6.07, 6.45) is -1.05. The highest BCUT2D eigenvalue weighted by Crippen LogP contribution is 2.34. The number of nitrogens with one attached hydrogen (secondary N) is 2. The molecule has 0 spiro atoms. The number of halogens is 4. The molecule has 4 rings (SSSR count). The van der Waals surface area contributed by atoms with Crippen LogP contribution in [0.15, 0.2) is 47.8 Å². The van der Waals surface area contributed by atoms with Crippen LogP contribution in [0.3, 0.4) is 0 Å². The smallest absolute Gasteiger partial charge is 0.320 e. The van der Waals surface area contributed by atoms with Crippen molar-refractivity contribution in [2.24, 2.45) is 5.10 Å². The summed E-state index contributed by atoms with van der Waals surface area (Å²) in [4.78, 5) is 16.8. The minimum absolute atomic E-state index is 0.123. The zero-order chi connectivity index (χ0) is 22.2. The maximum absolute atomic E-state index is 13.8. The first kappa shape index (κ1) is 20.8. The fourth-order valence-electron chi connectivity index (χ4n) is 3.02. The highest BCUT2D eigenvalue weighted by molar-refractivity contribution is 6.33. The van der Waals surface area contributed by atoms with Crippen LogP contribution in [0.4, 0.5) is 24.7 Å². The summed E-state index contributed by atoms with van der Waals surface area (Å²) < 4.78 is 42.2. The molecule has 0 radical (unpaired) electrons. The Kier molecular flexibility index (Phi) is 5.38. The number of benzene rings is 1. The first-order chi connectivity index (χ1) is 14.7. The second-order valence-electron chi connectivity index (χ2n) is 6.61. The molecule has 8 nitrogen and oxygen atoms in total. The van der Waals surface area contributed by atoms with Gasteiger partial charge < -0.3 is 5.32 Å². The quantitative estimate of drug-likeness (QED) is 0.632. The van der Waals surface area contributed by atoms with E-state index in [1.54, 1.807) is 31.3 Å². The maximum atomic E-state index is 13.8. The molecule has 1 aliphatic heterocycles. The molecular weight excluding hydrogens is 435 g/mol. The third-order valence-corrected chi connectivity index (χ3v) is 4.62. The van der Waals surface area contributed by atoms with Gasteiger partial charge in [0.25, 0.3) is 5.91 Å². The number of hydrazone groups is 1. The van der Waals surface area contributed by atoms with Crippen molar-refractivity contribution in [3.05, 3.63) is 64.6 Å². The van der Waals surface area contributed by atoms with Crippen LogP contribution in [0.25, 0.3) is 5.69 Å². The van der Waals surface area contributed by atoms with Crippen molar-refractivity contribution in [3.8, 4) is 5.69 Å². The molecule has 3 aromatic rings. The maximum Gasteiger partial charge on any atom is 0.434 e. The highest BCUT2D eigenvalue weighted by Gasteiger charge is 2.40. The summed E-state index contributed by atoms with van der Waals surface area (Å²) >= 11 is 6.18. The Morgan fingerprint density at radius 2 is 2.06 bits per heavy atom. The van der Waals surface area contributed by atoms with Gasteiger partial charge >= 0.3 is 6.18 Å². The lowest BCUT2D eigenvalue weighted by atomic mass is 10.2. The van der Waals surface area contributed by atoms with E-state index in [9.17, 15) is 18.0 Å². The number of hydrazine groups is 1. The SMILES string of the molecule is Cc1cccc(-n2ncc(C(=O)Nc3cnc(N4N=CCN4)c(Cl)c3)c2C(F)(F)F)c1. The van der Waals surface area contributed by atoms with Gasteiger partial charge in [-0.3, -0.25) is 4.79 Å². The van der Waals surface area contributed by atoms with Gasteiger partial charge in [0.2, 0.25) is 0 Å². The summed E-state index contributed by atoms with van der Waals surface area (Å²) in [7, 11) is 0. The van der Waals surface area contributed by atoms with E-state index in [1.165, 1.54) is 23.4 Å². The summed E-state index contributed by atoms with van der Waals surface area (Å²) in [5.41, 5.74) is 2.15. The molecule has 31 heavy (non-hydrogen) atoms. The second-order valence-corrected chi connectivity index (χ2v) is 7.02. The number of alkyl halides is 3. The van der Waals surface area contributed by atoms with Gasteiger partial charge in [-0.2, -0.15) is 28.5 Å². The van der Waals surface area contributed by atoms with Gasteiger partial charge in [0.15, 0.2) is 11.5 Å². The molecule has 2 N–H and O–H groups in total. The monoisotopic (exact) mass is 449 g/mol. The minimum Gasteiger partial charge on any atom is -0.320 e. The summed E-state index contributed by atoms with van der Waals surface area (Å²) in [5.74, 6) is -0.703. The predicted octanol–water partition coefficient (Wildman–Crippen LogP) is 3.81. The Hall–Kier alpha value is -3.44. The average molecular weight is 450 g/mol. The van der Waals surface area contributed by atoms with E-state index in [0.717, 1.165) is 11.8 Å². The number of pyridine rings is 1. The van der Waals surface area contributed by atoms with Gasteiger partial charge in [-0.1, -0.05) is 23.7 Å². The molecule has 12 heteroatoms. The molecule has 0 unspecified atom stereocenters. The summed E-state index contributed by atoms with van der Waals surface area (Å²) in [6.45, 7) is 2.25. The van der Waals surface area contributed by atoms with E-state index in [-0.39, 0.29) is 22.2 Å². The lowest BCUT2D eigenvalue weighted by Gasteiger charge is -2.15. The molecule has 0 saturated heterocycles. The molecule has 2 aromatic heterocycles. The van der Waals surface area contributed by atoms with Gasteiger partial charge in [-0.25, -0.2) is 15.1 Å². The molecule has 0 atom stereocenters. The van der Waals surface area contributed by atoms with Crippen LogP contribution in [0.1, 0.15) is 21.6 Å². The van der Waals surface area contributed by atoms with Crippen LogP contribution >= 0.6 is 11.6 Å². The number of rotatable bonds is 4. The Bertz CT molecular complexity index is 1180. The van der Waals surface area contributed by atoms with Crippen LogP contribution in [0, 0.1) is 6.92 Å². The highest BCUT2D eigenvalue weighted by atomic mass is 35.5. The molecule has 0 aliphatic carbocycles. The first-order valence-corrected chi connectivity index (χ1v) is 9.37. The second kappa shape index (κ2) is 8.00. The number of carbonyl (C=O) groups is 1. The van der Waals surface area contributed by atoms with Gasteiger partial charge in [0, 0.05) is 6.21 Å². The van der Waals surface area contributed by atoms with Crippen LogP contribution < -0.4 is 15.9 Å². The molecule has 160 valence electrons. The van der Waals surface area contributed by atoms with E-state index in [2.05, 4.69) is 25.9 Å². The fraction of sp³-hybridized carbons (Fsp3) is 0.158. The zero-order valence-electron chi connectivity index (χ0n) is 16.0. The molecule has 1 amide bonds. The number of aromatic nitrogens is 3. The third-order valence-electron chi connectivity index (χ3n) is 4.34. The Labute approximate surface area is 179 Å². The number of nitrogens with zero attached hydrogens (tertiary/aromatic N) is 5. The molecule has 3 heterocycles. The van der Waals surface area contributed by atoms with Crippen LogP contribution in [-0.2, 0) is 6.18 Å². The third kappa shape index (κ3) is 4.23. The topological polar surface area (TPSA) is 87.4 Å². The van der Waals surface area contributed by atoms with E-state index in [1.807, 2.05) is 0 Å². The lowest BCUT2D eigenvalue weighted by molar-refractivity contribution is -0.143. The Balaban J connectivity index is 1.64. The predicted molar refractivity (Wildman–Crippen MR) is 109 cm³/mol. The average Bonchev–Trinajstić information content (AvgIpc) is 3.38. The van der Waals surface area contributed by atoms with Crippen LogP contribution in [0.2, 0.25) is 5.02 Å². The molecular formula is C19H15ClF3N7O. The molecule has 1 aromatic carbocycles. The van der Waals surface area contributed by atoms with Crippen LogP contribution in [0.5, 0.6) is 0 Å². The number of amides is 1. The lowest BCUT2D eigenvalue weighted by Crippen LogP contribution is -2.29. The van der Waals surface area contributed by atoms with Crippen molar-refractivity contribution in [2.45, 2.75) is 13.1 Å². The van der Waals surface area contributed by atoms with E-state index in [0.29, 0.717) is 11.2 Å². The van der Waals surface area contributed by atoms with E-state index < -0.39 is 23.3 Å². The Morgan fingerprint density at radius 3 is 2.71 bits per heavy atom. The number of hydrogen-bond donors (Lipinski definition) is 2. The number of carbonyl (C=O) groups excluding carboxylic acids is 1. The Morgan fingerprint density at radius 1 is 1.26 bits per heavy atom. The van der Waals surface area contributed by atoms with Gasteiger partial charge in [0.1, 0.15) is 0 Å². The van der Waals surface area contributed by atoms with Crippen molar-refractivity contribution in [1.82, 2.24) is 20.2 Å². The summed E-state index contributed by atoms with van der Waals surface area (Å²) in [6, 6.07) is 7.75. The molecule has 0 fully saturated rings. The van der Waals surface area contributed by atoms with Gasteiger partial charge in [-0.05, 0) is 30.7 Å². The van der Waals surface area contributed by atoms with Gasteiger partial charge in [0.05, 0.1) is 40.9 Å². The van der Waals surface area contributed by atoms with E-state index >= 15 is 0 Å². The number of hydrogen-bond acceptors (Lipinski definition) is 6. The molecule has 0 bridgehead atoms. The summed E-state index contributed by atoms with van der Waals surface area (Å²) in [5, 5.41) is 11.7. The van der Waals surface area contributed by atoms with Crippen molar-refractivity contribution in [2.75, 3.05) is 17.0 Å². The first-order valence-electron chi connectivity index (χ1n) is 8.99. The van der Waals surface area contributed by atoms with Crippen molar-refractivity contribution in [3.63, 3.8) is 0 Å². The number of anilines is 2. The van der Waals surface area contributed by atoms with Crippen LogP contribution in [-0.4, -0.2) is 33.4 Å². The molecule has 0 saturated carbocycles. The normalized spacial score (nSPS) is 13.6. The van der Waals surface area contributed by atoms with Crippen molar-refractivity contribution in [1.29, 1.82) is 0 Å². The van der Waals surface area contributed by atoms with Gasteiger partial charge in [-0.15, -0.1) is 0 Å². The van der Waals surface area contributed by atoms with Crippen molar-refractivity contribution >= 4 is 35.2 Å². The standard InChI is InChI=1S/C19H15ClF3N7O/c1-11-3-2-4-13(7-11)29-16(19(21,22)23)14(10-27-29)18(31)28-12-8-15(20)17(24-9-12)30-25-5-6-26-30/h2-5,7-10,26H,6H2,1H3,(H,28,31). The fourth-order valence-corrected chi connectivity index (χ4v) is 3.26. The zero-order valence-corrected chi connectivity index (χ0v) is 16.7.